The third-order valence-corrected chi connectivity index (χ3v) is 2.98. The first-order valence-corrected chi connectivity index (χ1v) is 6.86. The number of pyridine rings is 2. The second kappa shape index (κ2) is 6.13. The van der Waals surface area contributed by atoms with Crippen LogP contribution < -0.4 is 5.32 Å². The summed E-state index contributed by atoms with van der Waals surface area (Å²) in [5, 5.41) is 10.4. The Balaban J connectivity index is 1.80. The molecule has 0 aliphatic heterocycles. The van der Waals surface area contributed by atoms with Crippen molar-refractivity contribution in [3.8, 4) is 11.4 Å². The van der Waals surface area contributed by atoms with Gasteiger partial charge in [0.25, 0.3) is 0 Å². The first-order chi connectivity index (χ1) is 10.3. The maximum Gasteiger partial charge on any atom is 0.181 e. The molecule has 3 aromatic rings. The van der Waals surface area contributed by atoms with Crippen LogP contribution in [0.1, 0.15) is 18.4 Å². The number of nitrogens with one attached hydrogen (secondary N) is 2. The number of hydrogen-bond donors (Lipinski definition) is 2. The lowest BCUT2D eigenvalue weighted by atomic mass is 10.2. The zero-order valence-electron chi connectivity index (χ0n) is 11.7. The van der Waals surface area contributed by atoms with E-state index in [-0.39, 0.29) is 0 Å². The molecule has 106 valence electrons. The van der Waals surface area contributed by atoms with E-state index < -0.39 is 0 Å². The Hall–Kier alpha value is -2.76. The van der Waals surface area contributed by atoms with E-state index in [1.165, 1.54) is 0 Å². The molecule has 6 heteroatoms. The molecule has 0 unspecified atom stereocenters. The smallest absolute Gasteiger partial charge is 0.181 e. The average Bonchev–Trinajstić information content (AvgIpc) is 2.97. The molecule has 0 atom stereocenters. The van der Waals surface area contributed by atoms with Crippen LogP contribution in [-0.4, -0.2) is 31.7 Å². The second-order valence-corrected chi connectivity index (χ2v) is 4.56. The third kappa shape index (κ3) is 3.22. The molecule has 2 N–H and O–H groups in total. The highest BCUT2D eigenvalue weighted by atomic mass is 15.2. The van der Waals surface area contributed by atoms with Crippen molar-refractivity contribution in [1.29, 1.82) is 0 Å². The summed E-state index contributed by atoms with van der Waals surface area (Å²) in [6.45, 7) is 2.86. The van der Waals surface area contributed by atoms with Gasteiger partial charge in [-0.05, 0) is 31.2 Å². The Morgan fingerprint density at radius 2 is 2.10 bits per heavy atom. The molecule has 6 nitrogen and oxygen atoms in total. The number of nitrogens with zero attached hydrogens (tertiary/aromatic N) is 4. The maximum atomic E-state index is 4.51. The summed E-state index contributed by atoms with van der Waals surface area (Å²) < 4.78 is 0. The largest absolute Gasteiger partial charge is 0.370 e. The Bertz CT molecular complexity index is 707. The number of hydrogen-bond acceptors (Lipinski definition) is 5. The van der Waals surface area contributed by atoms with Crippen molar-refractivity contribution in [3.63, 3.8) is 0 Å². The summed E-state index contributed by atoms with van der Waals surface area (Å²) in [7, 11) is 0. The van der Waals surface area contributed by atoms with Crippen LogP contribution in [0.5, 0.6) is 0 Å². The normalized spacial score (nSPS) is 10.5. The highest BCUT2D eigenvalue weighted by molar-refractivity contribution is 5.59. The summed E-state index contributed by atoms with van der Waals surface area (Å²) in [5.41, 5.74) is 1.90. The molecule has 3 rings (SSSR count). The molecule has 0 fully saturated rings. The van der Waals surface area contributed by atoms with E-state index in [1.807, 2.05) is 37.3 Å². The molecule has 0 saturated carbocycles. The fourth-order valence-corrected chi connectivity index (χ4v) is 2.03. The van der Waals surface area contributed by atoms with Gasteiger partial charge in [0.05, 0.1) is 0 Å². The molecule has 0 aliphatic carbocycles. The van der Waals surface area contributed by atoms with E-state index in [0.29, 0.717) is 12.2 Å². The Morgan fingerprint density at radius 3 is 2.90 bits per heavy atom. The number of rotatable bonds is 5. The van der Waals surface area contributed by atoms with Crippen molar-refractivity contribution in [1.82, 2.24) is 25.1 Å². The van der Waals surface area contributed by atoms with Gasteiger partial charge in [0.15, 0.2) is 5.82 Å². The molecule has 0 aliphatic rings. The van der Waals surface area contributed by atoms with Crippen molar-refractivity contribution >= 4 is 5.82 Å². The summed E-state index contributed by atoms with van der Waals surface area (Å²) >= 11 is 0. The fourth-order valence-electron chi connectivity index (χ4n) is 2.03. The van der Waals surface area contributed by atoms with Crippen LogP contribution >= 0.6 is 0 Å². The molecule has 3 heterocycles. The number of aromatic amines is 1. The lowest BCUT2D eigenvalue weighted by Gasteiger charge is -2.02. The maximum absolute atomic E-state index is 4.51. The first-order valence-electron chi connectivity index (χ1n) is 6.86. The van der Waals surface area contributed by atoms with Crippen LogP contribution in [0.25, 0.3) is 11.4 Å². The van der Waals surface area contributed by atoms with E-state index >= 15 is 0 Å². The van der Waals surface area contributed by atoms with Crippen molar-refractivity contribution < 1.29 is 0 Å². The van der Waals surface area contributed by atoms with Gasteiger partial charge in [0.2, 0.25) is 0 Å². The van der Waals surface area contributed by atoms with Gasteiger partial charge < -0.3 is 5.32 Å². The fraction of sp³-hybridized carbons (Fsp3) is 0.200. The predicted molar refractivity (Wildman–Crippen MR) is 80.8 cm³/mol. The van der Waals surface area contributed by atoms with E-state index in [1.54, 1.807) is 12.4 Å². The Labute approximate surface area is 122 Å². The van der Waals surface area contributed by atoms with Gasteiger partial charge in [-0.2, -0.15) is 5.10 Å². The van der Waals surface area contributed by atoms with E-state index in [4.69, 9.17) is 0 Å². The molecule has 0 radical (unpaired) electrons. The molecule has 21 heavy (non-hydrogen) atoms. The molecule has 0 bridgehead atoms. The van der Waals surface area contributed by atoms with Crippen molar-refractivity contribution in [2.24, 2.45) is 0 Å². The van der Waals surface area contributed by atoms with E-state index in [9.17, 15) is 0 Å². The van der Waals surface area contributed by atoms with Crippen molar-refractivity contribution in [2.75, 3.05) is 11.9 Å². The van der Waals surface area contributed by atoms with Gasteiger partial charge in [-0.1, -0.05) is 6.07 Å². The van der Waals surface area contributed by atoms with Gasteiger partial charge in [0.1, 0.15) is 11.6 Å². The van der Waals surface area contributed by atoms with Crippen molar-refractivity contribution in [2.45, 2.75) is 13.3 Å². The van der Waals surface area contributed by atoms with Crippen LogP contribution in [0.15, 0.2) is 42.7 Å². The predicted octanol–water partition coefficient (Wildman–Crippen LogP) is 2.28. The highest BCUT2D eigenvalue weighted by Crippen LogP contribution is 2.17. The summed E-state index contributed by atoms with van der Waals surface area (Å²) in [5.74, 6) is 2.29. The number of anilines is 1. The molecule has 0 saturated heterocycles. The van der Waals surface area contributed by atoms with Crippen LogP contribution in [0, 0.1) is 0 Å². The average molecular weight is 280 g/mol. The Morgan fingerprint density at radius 1 is 1.14 bits per heavy atom. The standard InChI is InChI=1S/C15H16N6/c1-2-16-13-9-11(6-8-18-13)15-19-14(20-21-15)10-12-5-3-4-7-17-12/h3-9H,2,10H2,1H3,(H,16,18)(H,19,20,21). The third-order valence-electron chi connectivity index (χ3n) is 2.98. The molecular weight excluding hydrogens is 264 g/mol. The minimum absolute atomic E-state index is 0.638. The molecule has 0 aromatic carbocycles. The van der Waals surface area contributed by atoms with Gasteiger partial charge in [-0.3, -0.25) is 10.1 Å². The molecule has 0 spiro atoms. The van der Waals surface area contributed by atoms with Crippen LogP contribution in [0.2, 0.25) is 0 Å². The second-order valence-electron chi connectivity index (χ2n) is 4.56. The van der Waals surface area contributed by atoms with Crippen molar-refractivity contribution in [3.05, 3.63) is 54.2 Å². The minimum atomic E-state index is 0.638. The van der Waals surface area contributed by atoms with E-state index in [0.717, 1.165) is 29.4 Å². The topological polar surface area (TPSA) is 79.4 Å². The summed E-state index contributed by atoms with van der Waals surface area (Å²) in [6, 6.07) is 9.67. The number of aromatic nitrogens is 5. The summed E-state index contributed by atoms with van der Waals surface area (Å²) in [4.78, 5) is 13.0. The van der Waals surface area contributed by atoms with Gasteiger partial charge in [0, 0.05) is 36.6 Å². The monoisotopic (exact) mass is 280 g/mol. The van der Waals surface area contributed by atoms with Crippen LogP contribution in [-0.2, 0) is 6.42 Å². The van der Waals surface area contributed by atoms with Gasteiger partial charge >= 0.3 is 0 Å². The van der Waals surface area contributed by atoms with Crippen LogP contribution in [0.4, 0.5) is 5.82 Å². The zero-order chi connectivity index (χ0) is 14.5. The molecule has 3 aromatic heterocycles. The van der Waals surface area contributed by atoms with Gasteiger partial charge in [-0.25, -0.2) is 9.97 Å². The Kier molecular flexibility index (Phi) is 3.86. The number of H-pyrrole nitrogens is 1. The van der Waals surface area contributed by atoms with Gasteiger partial charge in [-0.15, -0.1) is 0 Å². The minimum Gasteiger partial charge on any atom is -0.370 e. The lowest BCUT2D eigenvalue weighted by molar-refractivity contribution is 0.942. The van der Waals surface area contributed by atoms with E-state index in [2.05, 4.69) is 30.5 Å². The first kappa shape index (κ1) is 13.2. The molecule has 0 amide bonds. The zero-order valence-corrected chi connectivity index (χ0v) is 11.7. The SMILES string of the molecule is CCNc1cc(-c2n[nH]c(Cc3ccccn3)n2)ccn1. The van der Waals surface area contributed by atoms with Crippen LogP contribution in [0.3, 0.4) is 0 Å². The summed E-state index contributed by atoms with van der Waals surface area (Å²) in [6.07, 6.45) is 4.17. The molecular formula is C15H16N6. The lowest BCUT2D eigenvalue weighted by Crippen LogP contribution is -1.98. The highest BCUT2D eigenvalue weighted by Gasteiger charge is 2.08. The quantitative estimate of drug-likeness (QED) is 0.749.